The Morgan fingerprint density at radius 2 is 1.97 bits per heavy atom. The van der Waals surface area contributed by atoms with Crippen molar-refractivity contribution in [2.45, 2.75) is 44.7 Å². The van der Waals surface area contributed by atoms with Crippen LogP contribution in [0, 0.1) is 18.7 Å². The lowest BCUT2D eigenvalue weighted by molar-refractivity contribution is 0.101. The molecular weight excluding hydrogens is 467 g/mol. The largest absolute Gasteiger partial charge is 0.326 e. The third-order valence-electron chi connectivity index (χ3n) is 6.95. The van der Waals surface area contributed by atoms with Crippen LogP contribution >= 0.6 is 0 Å². The Hall–Kier alpha value is -3.88. The summed E-state index contributed by atoms with van der Waals surface area (Å²) in [6, 6.07) is 19.4. The van der Waals surface area contributed by atoms with E-state index in [9.17, 15) is 9.18 Å². The molecule has 190 valence electrons. The summed E-state index contributed by atoms with van der Waals surface area (Å²) in [6.45, 7) is 2.17. The molecule has 1 aliphatic rings. The first-order valence-corrected chi connectivity index (χ1v) is 12.5. The molecule has 0 bridgehead atoms. The predicted octanol–water partition coefficient (Wildman–Crippen LogP) is 4.82. The number of aryl methyl sites for hydroxylation is 1. The van der Waals surface area contributed by atoms with Crippen LogP contribution in [-0.2, 0) is 12.1 Å². The molecule has 37 heavy (non-hydrogen) atoms. The number of nitrogens with one attached hydrogen (secondary N) is 1. The van der Waals surface area contributed by atoms with Crippen LogP contribution in [0.1, 0.15) is 58.7 Å². The van der Waals surface area contributed by atoms with Crippen molar-refractivity contribution in [3.05, 3.63) is 107 Å². The van der Waals surface area contributed by atoms with E-state index in [1.165, 1.54) is 18.9 Å². The monoisotopic (exact) mass is 498 g/mol. The first-order valence-electron chi connectivity index (χ1n) is 12.5. The van der Waals surface area contributed by atoms with Gasteiger partial charge in [-0.25, -0.2) is 9.07 Å². The van der Waals surface area contributed by atoms with Crippen molar-refractivity contribution in [1.29, 1.82) is 0 Å². The van der Waals surface area contributed by atoms with Gasteiger partial charge in [0, 0.05) is 12.7 Å². The van der Waals surface area contributed by atoms with Crippen LogP contribution in [0.4, 0.5) is 10.1 Å². The van der Waals surface area contributed by atoms with Gasteiger partial charge in [0.2, 0.25) is 0 Å². The summed E-state index contributed by atoms with van der Waals surface area (Å²) in [5.41, 5.74) is 15.9. The second kappa shape index (κ2) is 10.2. The molecule has 0 saturated heterocycles. The van der Waals surface area contributed by atoms with E-state index in [0.717, 1.165) is 12.0 Å². The highest BCUT2D eigenvalue weighted by Gasteiger charge is 2.34. The molecule has 5 rings (SSSR count). The summed E-state index contributed by atoms with van der Waals surface area (Å²) in [5.74, 6) is -0.351. The van der Waals surface area contributed by atoms with Gasteiger partial charge < -0.3 is 16.8 Å². The van der Waals surface area contributed by atoms with Crippen LogP contribution < -0.4 is 16.8 Å². The summed E-state index contributed by atoms with van der Waals surface area (Å²) in [6.07, 6.45) is 5.78. The van der Waals surface area contributed by atoms with Crippen molar-refractivity contribution in [2.24, 2.45) is 17.4 Å². The van der Waals surface area contributed by atoms with Gasteiger partial charge in [-0.05, 0) is 79.3 Å². The number of pyridine rings is 1. The van der Waals surface area contributed by atoms with Gasteiger partial charge in [-0.15, -0.1) is 0 Å². The molecule has 1 saturated carbocycles. The number of hydrogen-bond acceptors (Lipinski definition) is 5. The second-order valence-electron chi connectivity index (χ2n) is 9.77. The minimum absolute atomic E-state index is 0.0563. The van der Waals surface area contributed by atoms with Crippen molar-refractivity contribution >= 4 is 11.6 Å². The number of halogens is 1. The first kappa shape index (κ1) is 24.8. The van der Waals surface area contributed by atoms with Crippen LogP contribution in [0.2, 0.25) is 0 Å². The highest BCUT2D eigenvalue weighted by atomic mass is 19.1. The third-order valence-corrected chi connectivity index (χ3v) is 6.95. The normalized spacial score (nSPS) is 14.8. The molecule has 5 N–H and O–H groups in total. The van der Waals surface area contributed by atoms with Crippen LogP contribution in [0.3, 0.4) is 0 Å². The van der Waals surface area contributed by atoms with E-state index in [1.54, 1.807) is 36.0 Å². The number of anilines is 1. The van der Waals surface area contributed by atoms with Crippen molar-refractivity contribution in [2.75, 3.05) is 5.32 Å². The fraction of sp³-hybridized carbons (Fsp3) is 0.276. The predicted molar refractivity (Wildman–Crippen MR) is 142 cm³/mol. The van der Waals surface area contributed by atoms with Gasteiger partial charge in [0.25, 0.3) is 5.91 Å². The van der Waals surface area contributed by atoms with Gasteiger partial charge in [0.1, 0.15) is 11.5 Å². The highest BCUT2D eigenvalue weighted by molar-refractivity contribution is 6.03. The van der Waals surface area contributed by atoms with E-state index in [4.69, 9.17) is 11.5 Å². The smallest absolute Gasteiger partial charge is 0.274 e. The standard InChI is InChI=1S/C29H31FN6O/c1-19-15-26(36(35-19)23-6-4-5-21(16-23)18-31)28(37)34-25-17-22(10-11-24(25)30)29(32,13-12-20-8-9-20)27-7-2-3-14-33-27/h2-7,10-11,14-17,20H,8-9,12-13,18,31-32H2,1H3,(H,34,37). The fourth-order valence-electron chi connectivity index (χ4n) is 4.64. The lowest BCUT2D eigenvalue weighted by Crippen LogP contribution is -2.39. The zero-order chi connectivity index (χ0) is 26.0. The molecule has 2 aromatic heterocycles. The van der Waals surface area contributed by atoms with Crippen molar-refractivity contribution in [3.63, 3.8) is 0 Å². The number of carbonyl (C=O) groups is 1. The fourth-order valence-corrected chi connectivity index (χ4v) is 4.64. The molecule has 7 nitrogen and oxygen atoms in total. The van der Waals surface area contributed by atoms with Crippen LogP contribution in [0.5, 0.6) is 0 Å². The summed E-state index contributed by atoms with van der Waals surface area (Å²) < 4.78 is 16.5. The maximum Gasteiger partial charge on any atom is 0.274 e. The Labute approximate surface area is 215 Å². The van der Waals surface area contributed by atoms with Crippen LogP contribution in [0.15, 0.2) is 72.9 Å². The van der Waals surface area contributed by atoms with Gasteiger partial charge in [0.15, 0.2) is 0 Å². The average Bonchev–Trinajstić information content (AvgIpc) is 3.67. The Kier molecular flexibility index (Phi) is 6.86. The van der Waals surface area contributed by atoms with Gasteiger partial charge in [0.05, 0.1) is 28.3 Å². The number of amides is 1. The minimum Gasteiger partial charge on any atom is -0.326 e. The number of rotatable bonds is 9. The van der Waals surface area contributed by atoms with E-state index in [2.05, 4.69) is 15.4 Å². The Morgan fingerprint density at radius 3 is 2.70 bits per heavy atom. The summed E-state index contributed by atoms with van der Waals surface area (Å²) >= 11 is 0. The molecule has 0 spiro atoms. The Morgan fingerprint density at radius 1 is 1.14 bits per heavy atom. The quantitative estimate of drug-likeness (QED) is 0.306. The van der Waals surface area contributed by atoms with Gasteiger partial charge in [-0.3, -0.25) is 9.78 Å². The van der Waals surface area contributed by atoms with Crippen molar-refractivity contribution in [3.8, 4) is 5.69 Å². The van der Waals surface area contributed by atoms with E-state index < -0.39 is 17.3 Å². The topological polar surface area (TPSA) is 112 Å². The minimum atomic E-state index is -0.905. The van der Waals surface area contributed by atoms with Gasteiger partial charge in [-0.1, -0.05) is 37.1 Å². The van der Waals surface area contributed by atoms with Gasteiger partial charge >= 0.3 is 0 Å². The average molecular weight is 499 g/mol. The lowest BCUT2D eigenvalue weighted by Gasteiger charge is -2.30. The summed E-state index contributed by atoms with van der Waals surface area (Å²) in [5, 5.41) is 7.22. The van der Waals surface area contributed by atoms with E-state index in [1.807, 2.05) is 42.5 Å². The molecule has 2 aromatic carbocycles. The maximum atomic E-state index is 15.0. The molecule has 8 heteroatoms. The van der Waals surface area contributed by atoms with E-state index in [0.29, 0.717) is 41.5 Å². The SMILES string of the molecule is Cc1cc(C(=O)Nc2cc(C(N)(CCC3CC3)c3ccccn3)ccc2F)n(-c2cccc(CN)c2)n1. The molecule has 1 fully saturated rings. The lowest BCUT2D eigenvalue weighted by atomic mass is 9.82. The third kappa shape index (κ3) is 5.30. The number of nitrogens with two attached hydrogens (primary N) is 2. The zero-order valence-corrected chi connectivity index (χ0v) is 20.8. The van der Waals surface area contributed by atoms with Crippen molar-refractivity contribution < 1.29 is 9.18 Å². The Balaban J connectivity index is 1.47. The molecule has 1 amide bonds. The zero-order valence-electron chi connectivity index (χ0n) is 20.8. The molecule has 1 aliphatic carbocycles. The second-order valence-corrected chi connectivity index (χ2v) is 9.77. The molecular formula is C29H31FN6O. The number of carbonyl (C=O) groups excluding carboxylic acids is 1. The van der Waals surface area contributed by atoms with Gasteiger partial charge in [-0.2, -0.15) is 5.10 Å². The van der Waals surface area contributed by atoms with Crippen LogP contribution in [0.25, 0.3) is 5.69 Å². The number of aromatic nitrogens is 3. The molecule has 4 aromatic rings. The number of nitrogens with zero attached hydrogens (tertiary/aromatic N) is 3. The summed E-state index contributed by atoms with van der Waals surface area (Å²) in [4.78, 5) is 17.9. The highest BCUT2D eigenvalue weighted by Crippen LogP contribution is 2.40. The van der Waals surface area contributed by atoms with E-state index in [-0.39, 0.29) is 11.4 Å². The first-order chi connectivity index (χ1) is 17.9. The Bertz CT molecular complexity index is 1420. The maximum absolute atomic E-state index is 15.0. The molecule has 1 unspecified atom stereocenters. The van der Waals surface area contributed by atoms with Crippen LogP contribution in [-0.4, -0.2) is 20.7 Å². The van der Waals surface area contributed by atoms with E-state index >= 15 is 0 Å². The molecule has 1 atom stereocenters. The number of hydrogen-bond donors (Lipinski definition) is 3. The molecule has 2 heterocycles. The number of benzene rings is 2. The van der Waals surface area contributed by atoms with Crippen molar-refractivity contribution in [1.82, 2.24) is 14.8 Å². The molecule has 0 radical (unpaired) electrons. The molecule has 0 aliphatic heterocycles. The summed E-state index contributed by atoms with van der Waals surface area (Å²) in [7, 11) is 0.